The van der Waals surface area contributed by atoms with Gasteiger partial charge in [0, 0.05) is 6.08 Å². The fourth-order valence-electron chi connectivity index (χ4n) is 3.90. The quantitative estimate of drug-likeness (QED) is 0.118. The third-order valence-corrected chi connectivity index (χ3v) is 5.90. The smallest absolute Gasteiger partial charge is 0.331 e. The standard InChI is InChI=1S/C22H30O14/c1-32-12-6-10(2-4-11(12)26)3-5-15(27)34-20-17(29)14(8-24)35-22(20,9-25)36-21-19(31)18(30)16(28)13(7-23)33-21/h2-6,13-14,16-21,23-26,28-31H,7-9H2,1H3/b5-3+/t13-,14-,16-,17-,18+,19-,20+,21+,22+/m0/s1. The summed E-state index contributed by atoms with van der Waals surface area (Å²) in [6, 6.07) is 4.27. The summed E-state index contributed by atoms with van der Waals surface area (Å²) < 4.78 is 26.5. The summed E-state index contributed by atoms with van der Waals surface area (Å²) in [5, 5.41) is 79.5. The van der Waals surface area contributed by atoms with Crippen LogP contribution in [0.2, 0.25) is 0 Å². The molecular weight excluding hydrogens is 488 g/mol. The summed E-state index contributed by atoms with van der Waals surface area (Å²) in [6.07, 6.45) is -11.1. The van der Waals surface area contributed by atoms with E-state index in [2.05, 4.69) is 0 Å². The Morgan fingerprint density at radius 1 is 1.03 bits per heavy atom. The maximum Gasteiger partial charge on any atom is 0.331 e. The highest BCUT2D eigenvalue weighted by Crippen LogP contribution is 2.38. The van der Waals surface area contributed by atoms with Gasteiger partial charge in [0.15, 0.2) is 23.9 Å². The first-order chi connectivity index (χ1) is 17.1. The number of aliphatic hydroxyl groups is 7. The summed E-state index contributed by atoms with van der Waals surface area (Å²) in [5.41, 5.74) is 0.448. The van der Waals surface area contributed by atoms with Gasteiger partial charge in [-0.05, 0) is 23.8 Å². The molecule has 0 bridgehead atoms. The zero-order valence-corrected chi connectivity index (χ0v) is 19.2. The van der Waals surface area contributed by atoms with Crippen molar-refractivity contribution >= 4 is 12.0 Å². The van der Waals surface area contributed by atoms with Crippen LogP contribution in [0.15, 0.2) is 24.3 Å². The molecule has 14 nitrogen and oxygen atoms in total. The average Bonchev–Trinajstić information content (AvgIpc) is 3.14. The first-order valence-corrected chi connectivity index (χ1v) is 10.9. The Labute approximate surface area is 205 Å². The summed E-state index contributed by atoms with van der Waals surface area (Å²) >= 11 is 0. The summed E-state index contributed by atoms with van der Waals surface area (Å²) in [4.78, 5) is 12.5. The molecule has 14 heteroatoms. The van der Waals surface area contributed by atoms with Gasteiger partial charge in [-0.25, -0.2) is 4.79 Å². The maximum atomic E-state index is 12.5. The first-order valence-electron chi connectivity index (χ1n) is 10.9. The molecule has 3 rings (SSSR count). The number of aliphatic hydroxyl groups excluding tert-OH is 7. The van der Waals surface area contributed by atoms with Crippen molar-refractivity contribution in [2.75, 3.05) is 26.9 Å². The molecule has 2 saturated heterocycles. The molecule has 0 unspecified atom stereocenters. The normalized spacial score (nSPS) is 36.8. The number of phenolic OH excluding ortho intramolecular Hbond substituents is 1. The minimum absolute atomic E-state index is 0.114. The van der Waals surface area contributed by atoms with E-state index in [4.69, 9.17) is 23.7 Å². The molecule has 1 aromatic carbocycles. The van der Waals surface area contributed by atoms with E-state index >= 15 is 0 Å². The van der Waals surface area contributed by atoms with E-state index in [9.17, 15) is 45.6 Å². The second-order valence-corrected chi connectivity index (χ2v) is 8.24. The summed E-state index contributed by atoms with van der Waals surface area (Å²) in [5.74, 6) is -3.35. The van der Waals surface area contributed by atoms with Crippen molar-refractivity contribution in [1.82, 2.24) is 0 Å². The van der Waals surface area contributed by atoms with Crippen LogP contribution in [-0.2, 0) is 23.7 Å². The Morgan fingerprint density at radius 2 is 1.72 bits per heavy atom. The Bertz CT molecular complexity index is 922. The van der Waals surface area contributed by atoms with Crippen molar-refractivity contribution in [2.45, 2.75) is 54.8 Å². The van der Waals surface area contributed by atoms with Crippen molar-refractivity contribution in [3.8, 4) is 11.5 Å². The van der Waals surface area contributed by atoms with Gasteiger partial charge in [-0.3, -0.25) is 0 Å². The van der Waals surface area contributed by atoms with Gasteiger partial charge < -0.3 is 64.5 Å². The Hall–Kier alpha value is -2.37. The lowest BCUT2D eigenvalue weighted by Gasteiger charge is -2.43. The molecule has 36 heavy (non-hydrogen) atoms. The third kappa shape index (κ3) is 5.63. The maximum absolute atomic E-state index is 12.5. The van der Waals surface area contributed by atoms with Gasteiger partial charge in [0.1, 0.15) is 43.2 Å². The number of benzene rings is 1. The Kier molecular flexibility index (Phi) is 9.23. The number of hydrogen-bond acceptors (Lipinski definition) is 14. The monoisotopic (exact) mass is 518 g/mol. The molecule has 9 atom stereocenters. The van der Waals surface area contributed by atoms with E-state index in [0.29, 0.717) is 5.56 Å². The van der Waals surface area contributed by atoms with E-state index in [0.717, 1.165) is 6.08 Å². The molecule has 0 radical (unpaired) electrons. The number of esters is 1. The molecule has 202 valence electrons. The number of phenols is 1. The molecule has 8 N–H and O–H groups in total. The van der Waals surface area contributed by atoms with Gasteiger partial charge in [0.2, 0.25) is 5.79 Å². The fraction of sp³-hybridized carbons (Fsp3) is 0.591. The lowest BCUT2D eigenvalue weighted by Crippen LogP contribution is -2.63. The molecule has 2 aliphatic heterocycles. The number of ether oxygens (including phenoxy) is 5. The lowest BCUT2D eigenvalue weighted by molar-refractivity contribution is -0.383. The van der Waals surface area contributed by atoms with E-state index in [1.165, 1.54) is 31.4 Å². The van der Waals surface area contributed by atoms with Crippen LogP contribution in [0.1, 0.15) is 5.56 Å². The number of carbonyl (C=O) groups is 1. The molecule has 2 fully saturated rings. The first kappa shape index (κ1) is 28.2. The van der Waals surface area contributed by atoms with Crippen LogP contribution in [-0.4, -0.2) is 129 Å². The molecule has 2 aliphatic rings. The Balaban J connectivity index is 1.81. The number of rotatable bonds is 9. The predicted molar refractivity (Wildman–Crippen MR) is 116 cm³/mol. The second kappa shape index (κ2) is 11.8. The van der Waals surface area contributed by atoms with Gasteiger partial charge in [-0.1, -0.05) is 6.07 Å². The van der Waals surface area contributed by atoms with Crippen molar-refractivity contribution in [3.63, 3.8) is 0 Å². The topological polar surface area (TPSA) is 225 Å². The van der Waals surface area contributed by atoms with Crippen molar-refractivity contribution < 1.29 is 69.3 Å². The van der Waals surface area contributed by atoms with Crippen LogP contribution < -0.4 is 4.74 Å². The van der Waals surface area contributed by atoms with Crippen LogP contribution in [0.4, 0.5) is 0 Å². The van der Waals surface area contributed by atoms with E-state index in [1.807, 2.05) is 0 Å². The minimum Gasteiger partial charge on any atom is -0.504 e. The summed E-state index contributed by atoms with van der Waals surface area (Å²) in [6.45, 7) is -2.59. The Morgan fingerprint density at radius 3 is 2.33 bits per heavy atom. The van der Waals surface area contributed by atoms with Crippen LogP contribution in [0.3, 0.4) is 0 Å². The minimum atomic E-state index is -2.37. The van der Waals surface area contributed by atoms with Crippen LogP contribution >= 0.6 is 0 Å². The third-order valence-electron chi connectivity index (χ3n) is 5.90. The highest BCUT2D eigenvalue weighted by molar-refractivity contribution is 5.87. The highest BCUT2D eigenvalue weighted by atomic mass is 16.8. The second-order valence-electron chi connectivity index (χ2n) is 8.24. The van der Waals surface area contributed by atoms with Crippen LogP contribution in [0.25, 0.3) is 6.08 Å². The molecule has 0 spiro atoms. The van der Waals surface area contributed by atoms with E-state index in [-0.39, 0.29) is 11.5 Å². The van der Waals surface area contributed by atoms with Crippen molar-refractivity contribution in [2.24, 2.45) is 0 Å². The van der Waals surface area contributed by atoms with Crippen LogP contribution in [0.5, 0.6) is 11.5 Å². The predicted octanol–water partition coefficient (Wildman–Crippen LogP) is -3.42. The zero-order valence-electron chi connectivity index (χ0n) is 19.2. The molecule has 0 aliphatic carbocycles. The van der Waals surface area contributed by atoms with Gasteiger partial charge in [0.25, 0.3) is 0 Å². The van der Waals surface area contributed by atoms with Gasteiger partial charge in [-0.15, -0.1) is 0 Å². The average molecular weight is 518 g/mol. The van der Waals surface area contributed by atoms with E-state index < -0.39 is 80.6 Å². The highest BCUT2D eigenvalue weighted by Gasteiger charge is 2.60. The van der Waals surface area contributed by atoms with Crippen LogP contribution in [0, 0.1) is 0 Å². The van der Waals surface area contributed by atoms with Gasteiger partial charge in [0.05, 0.1) is 20.3 Å². The molecule has 0 amide bonds. The molecular formula is C22H30O14. The fourth-order valence-corrected chi connectivity index (χ4v) is 3.90. The molecule has 0 aromatic heterocycles. The number of carbonyl (C=O) groups excluding carboxylic acids is 1. The lowest BCUT2D eigenvalue weighted by atomic mass is 9.99. The van der Waals surface area contributed by atoms with E-state index in [1.54, 1.807) is 0 Å². The van der Waals surface area contributed by atoms with Gasteiger partial charge >= 0.3 is 5.97 Å². The molecule has 2 heterocycles. The van der Waals surface area contributed by atoms with Crippen molar-refractivity contribution in [3.05, 3.63) is 29.8 Å². The SMILES string of the molecule is COc1cc(/C=C/C(=O)O[C@@H]2[C@@H](O)[C@H](CO)O[C@]2(CO)O[C@H]2O[C@@H](CO)[C@H](O)[C@@H](O)[C@@H]2O)ccc1O. The van der Waals surface area contributed by atoms with Gasteiger partial charge in [-0.2, -0.15) is 0 Å². The number of hydrogen-bond donors (Lipinski definition) is 8. The number of aromatic hydroxyl groups is 1. The number of methoxy groups -OCH3 is 1. The largest absolute Gasteiger partial charge is 0.504 e. The molecule has 0 saturated carbocycles. The molecule has 1 aromatic rings. The van der Waals surface area contributed by atoms with Crippen molar-refractivity contribution in [1.29, 1.82) is 0 Å². The zero-order chi connectivity index (χ0) is 26.6. The summed E-state index contributed by atoms with van der Waals surface area (Å²) in [7, 11) is 1.35.